The minimum Gasteiger partial charge on any atom is -0.151 e. The van der Waals surface area contributed by atoms with Gasteiger partial charge in [-0.3, -0.25) is 0 Å². The maximum Gasteiger partial charge on any atom is 0.0862 e. The number of halogens is 1. The van der Waals surface area contributed by atoms with Gasteiger partial charge in [-0.25, -0.2) is 0 Å². The van der Waals surface area contributed by atoms with Crippen molar-refractivity contribution in [3.05, 3.63) is 4.91 Å². The fourth-order valence-electron chi connectivity index (χ4n) is 0.799. The van der Waals surface area contributed by atoms with Crippen LogP contribution in [0.15, 0.2) is 5.18 Å². The molecule has 0 saturated carbocycles. The molecule has 0 aromatic heterocycles. The second kappa shape index (κ2) is 5.04. The van der Waals surface area contributed by atoms with Gasteiger partial charge in [0.15, 0.2) is 0 Å². The normalized spacial score (nSPS) is 11.5. The summed E-state index contributed by atoms with van der Waals surface area (Å²) in [4.78, 5) is 9.93. The summed E-state index contributed by atoms with van der Waals surface area (Å²) in [7, 11) is 0. The molecular weight excluding hydrogens is 241 g/mol. The summed E-state index contributed by atoms with van der Waals surface area (Å²) < 4.78 is 1.17. The van der Waals surface area contributed by atoms with Crippen LogP contribution in [-0.4, -0.2) is 11.0 Å². The summed E-state index contributed by atoms with van der Waals surface area (Å²) in [5, 5.41) is 2.91. The summed E-state index contributed by atoms with van der Waals surface area (Å²) in [6, 6.07) is 0. The highest BCUT2D eigenvalue weighted by Crippen LogP contribution is 2.22. The van der Waals surface area contributed by atoms with Crippen LogP contribution >= 0.6 is 22.6 Å². The van der Waals surface area contributed by atoms with Crippen molar-refractivity contribution in [1.29, 1.82) is 0 Å². The van der Waals surface area contributed by atoms with E-state index in [4.69, 9.17) is 0 Å². The first kappa shape index (κ1) is 10.3. The number of hydrogen-bond donors (Lipinski definition) is 0. The predicted octanol–water partition coefficient (Wildman–Crippen LogP) is 2.99. The van der Waals surface area contributed by atoms with E-state index in [2.05, 4.69) is 41.6 Å². The highest BCUT2D eigenvalue weighted by Gasteiger charge is 2.16. The number of nitrogens with zero attached hydrogens (tertiary/aromatic N) is 1. The average Bonchev–Trinajstić information content (AvgIpc) is 1.84. The van der Waals surface area contributed by atoms with Crippen LogP contribution in [-0.2, 0) is 0 Å². The van der Waals surface area contributed by atoms with E-state index in [1.54, 1.807) is 0 Å². The molecule has 0 spiro atoms. The van der Waals surface area contributed by atoms with Gasteiger partial charge in [0.25, 0.3) is 0 Å². The first-order valence-corrected chi connectivity index (χ1v) is 5.00. The van der Waals surface area contributed by atoms with Gasteiger partial charge in [-0.15, -0.1) is 0 Å². The molecule has 0 rings (SSSR count). The molecule has 10 heavy (non-hydrogen) atoms. The van der Waals surface area contributed by atoms with E-state index in [9.17, 15) is 4.91 Å². The van der Waals surface area contributed by atoms with Gasteiger partial charge in [-0.05, 0) is 22.7 Å². The molecule has 0 aliphatic carbocycles. The number of hydrogen-bond acceptors (Lipinski definition) is 2. The van der Waals surface area contributed by atoms with Crippen LogP contribution in [0.5, 0.6) is 0 Å². The molecular formula is C7H14INO. The Morgan fingerprint density at radius 2 is 2.10 bits per heavy atom. The van der Waals surface area contributed by atoms with Crippen molar-refractivity contribution in [3.8, 4) is 0 Å². The third-order valence-electron chi connectivity index (χ3n) is 1.48. The topological polar surface area (TPSA) is 29.4 Å². The zero-order valence-corrected chi connectivity index (χ0v) is 8.72. The molecule has 0 unspecified atom stereocenters. The van der Waals surface area contributed by atoms with Crippen molar-refractivity contribution in [3.63, 3.8) is 0 Å². The highest BCUT2D eigenvalue weighted by atomic mass is 127. The Hall–Kier alpha value is 0.330. The maximum atomic E-state index is 9.93. The van der Waals surface area contributed by atoms with Crippen molar-refractivity contribution >= 4 is 22.6 Å². The molecule has 3 heteroatoms. The summed E-state index contributed by atoms with van der Waals surface area (Å²) in [5.74, 6) is 0. The lowest BCUT2D eigenvalue weighted by Gasteiger charge is -2.19. The molecule has 0 amide bonds. The molecule has 0 aromatic rings. The fraction of sp³-hybridized carbons (Fsp3) is 1.00. The molecule has 2 nitrogen and oxygen atoms in total. The molecule has 0 fully saturated rings. The van der Waals surface area contributed by atoms with Gasteiger partial charge in [0.2, 0.25) is 0 Å². The van der Waals surface area contributed by atoms with Crippen LogP contribution in [0, 0.1) is 10.3 Å². The van der Waals surface area contributed by atoms with Gasteiger partial charge in [-0.2, -0.15) is 4.91 Å². The molecule has 0 aliphatic rings. The van der Waals surface area contributed by atoms with Gasteiger partial charge in [0.1, 0.15) is 0 Å². The third kappa shape index (κ3) is 5.14. The van der Waals surface area contributed by atoms with E-state index < -0.39 is 0 Å². The summed E-state index contributed by atoms with van der Waals surface area (Å²) in [6.07, 6.45) is 2.28. The fourth-order valence-corrected chi connectivity index (χ4v) is 1.18. The van der Waals surface area contributed by atoms with Crippen LogP contribution in [0.25, 0.3) is 0 Å². The van der Waals surface area contributed by atoms with Crippen molar-refractivity contribution < 1.29 is 0 Å². The van der Waals surface area contributed by atoms with Crippen molar-refractivity contribution in [2.45, 2.75) is 26.7 Å². The quantitative estimate of drug-likeness (QED) is 0.422. The van der Waals surface area contributed by atoms with Gasteiger partial charge in [0.05, 0.1) is 6.54 Å². The Kier molecular flexibility index (Phi) is 5.21. The van der Waals surface area contributed by atoms with Crippen LogP contribution < -0.4 is 0 Å². The number of alkyl halides is 1. The van der Waals surface area contributed by atoms with Gasteiger partial charge < -0.3 is 0 Å². The first-order valence-electron chi connectivity index (χ1n) is 3.47. The molecule has 0 bridgehead atoms. The SMILES string of the molecule is CC(C)(CCCI)CN=O. The molecule has 60 valence electrons. The second-order valence-electron chi connectivity index (χ2n) is 3.24. The number of nitroso groups, excluding NO2 is 1. The maximum absolute atomic E-state index is 9.93. The van der Waals surface area contributed by atoms with Crippen molar-refractivity contribution in [2.75, 3.05) is 11.0 Å². The Morgan fingerprint density at radius 1 is 1.50 bits per heavy atom. The van der Waals surface area contributed by atoms with E-state index in [0.717, 1.165) is 6.42 Å². The lowest BCUT2D eigenvalue weighted by molar-refractivity contribution is 0.346. The Morgan fingerprint density at radius 3 is 2.50 bits per heavy atom. The van der Waals surface area contributed by atoms with E-state index in [-0.39, 0.29) is 5.41 Å². The minimum atomic E-state index is 0.118. The largest absolute Gasteiger partial charge is 0.151 e. The summed E-state index contributed by atoms with van der Waals surface area (Å²) in [6.45, 7) is 4.62. The Labute approximate surface area is 75.9 Å². The molecule has 0 N–H and O–H groups in total. The van der Waals surface area contributed by atoms with E-state index >= 15 is 0 Å². The molecule has 0 aromatic carbocycles. The van der Waals surface area contributed by atoms with E-state index in [1.165, 1.54) is 10.8 Å². The van der Waals surface area contributed by atoms with Crippen molar-refractivity contribution in [1.82, 2.24) is 0 Å². The smallest absolute Gasteiger partial charge is 0.0862 e. The molecule has 0 heterocycles. The monoisotopic (exact) mass is 255 g/mol. The molecule has 0 aliphatic heterocycles. The second-order valence-corrected chi connectivity index (χ2v) is 4.32. The van der Waals surface area contributed by atoms with Gasteiger partial charge in [-0.1, -0.05) is 41.6 Å². The molecule has 0 radical (unpaired) electrons. The van der Waals surface area contributed by atoms with Gasteiger partial charge in [0, 0.05) is 0 Å². The Bertz CT molecular complexity index is 104. The van der Waals surface area contributed by atoms with Crippen LogP contribution in [0.3, 0.4) is 0 Å². The van der Waals surface area contributed by atoms with Crippen LogP contribution in [0.2, 0.25) is 0 Å². The van der Waals surface area contributed by atoms with E-state index in [0.29, 0.717) is 6.54 Å². The van der Waals surface area contributed by atoms with E-state index in [1.807, 2.05) is 0 Å². The highest BCUT2D eigenvalue weighted by molar-refractivity contribution is 14.1. The van der Waals surface area contributed by atoms with Crippen molar-refractivity contribution in [2.24, 2.45) is 10.6 Å². The predicted molar refractivity (Wildman–Crippen MR) is 52.6 cm³/mol. The van der Waals surface area contributed by atoms with Gasteiger partial charge >= 0.3 is 0 Å². The lowest BCUT2D eigenvalue weighted by Crippen LogP contribution is -2.14. The standard InChI is InChI=1S/C7H14INO/c1-7(2,6-9-10)4-3-5-8/h3-6H2,1-2H3. The Balaban J connectivity index is 3.51. The number of rotatable bonds is 5. The first-order chi connectivity index (χ1) is 4.62. The minimum absolute atomic E-state index is 0.118. The summed E-state index contributed by atoms with van der Waals surface area (Å²) in [5.41, 5.74) is 0.118. The zero-order valence-electron chi connectivity index (χ0n) is 6.56. The van der Waals surface area contributed by atoms with Crippen LogP contribution in [0.1, 0.15) is 26.7 Å². The average molecular weight is 255 g/mol. The van der Waals surface area contributed by atoms with Crippen LogP contribution in [0.4, 0.5) is 0 Å². The lowest BCUT2D eigenvalue weighted by atomic mass is 9.88. The zero-order chi connectivity index (χ0) is 8.04. The summed E-state index contributed by atoms with van der Waals surface area (Å²) >= 11 is 2.35. The molecule has 0 atom stereocenters. The third-order valence-corrected chi connectivity index (χ3v) is 2.24. The molecule has 0 saturated heterocycles.